The molecular formula is C13H15NO3. The number of aliphatic hydroxyl groups is 1. The Kier molecular flexibility index (Phi) is 3.84. The molecule has 17 heavy (non-hydrogen) atoms. The Balaban J connectivity index is 1.95. The number of benzene rings is 1. The number of aryl methyl sites for hydroxylation is 1. The number of aliphatic hydroxyl groups excluding tert-OH is 1. The molecule has 0 spiro atoms. The maximum atomic E-state index is 9.37. The minimum Gasteiger partial charge on any atom is -0.493 e. The Hall–Kier alpha value is -1.73. The van der Waals surface area contributed by atoms with Crippen molar-refractivity contribution in [2.75, 3.05) is 13.2 Å². The predicted octanol–water partition coefficient (Wildman–Crippen LogP) is 1.66. The number of nitrogens with zero attached hydrogens (tertiary/aromatic N) is 1. The Labute approximate surface area is 100 Å². The van der Waals surface area contributed by atoms with Gasteiger partial charge >= 0.3 is 0 Å². The van der Waals surface area contributed by atoms with Crippen molar-refractivity contribution in [1.29, 1.82) is 5.26 Å². The second-order valence-corrected chi connectivity index (χ2v) is 4.05. The van der Waals surface area contributed by atoms with Gasteiger partial charge < -0.3 is 14.6 Å². The first-order chi connectivity index (χ1) is 8.29. The van der Waals surface area contributed by atoms with Crippen LogP contribution in [-0.2, 0) is 6.42 Å². The number of rotatable bonds is 4. The summed E-state index contributed by atoms with van der Waals surface area (Å²) in [6, 6.07) is 7.59. The van der Waals surface area contributed by atoms with E-state index in [0.717, 1.165) is 25.2 Å². The van der Waals surface area contributed by atoms with Crippen LogP contribution in [0.4, 0.5) is 0 Å². The van der Waals surface area contributed by atoms with Gasteiger partial charge in [-0.05, 0) is 24.5 Å². The van der Waals surface area contributed by atoms with Crippen molar-refractivity contribution in [3.8, 4) is 17.6 Å². The topological polar surface area (TPSA) is 62.5 Å². The molecule has 0 aliphatic carbocycles. The summed E-state index contributed by atoms with van der Waals surface area (Å²) in [5, 5.41) is 17.8. The summed E-state index contributed by atoms with van der Waals surface area (Å²) in [5.41, 5.74) is 1.20. The summed E-state index contributed by atoms with van der Waals surface area (Å²) in [4.78, 5) is 0. The lowest BCUT2D eigenvalue weighted by Crippen LogP contribution is -2.16. The molecule has 0 fully saturated rings. The van der Waals surface area contributed by atoms with Crippen LogP contribution in [0.2, 0.25) is 0 Å². The zero-order chi connectivity index (χ0) is 12.1. The van der Waals surface area contributed by atoms with Crippen molar-refractivity contribution >= 4 is 0 Å². The minimum atomic E-state index is -0.739. The molecule has 4 heteroatoms. The molecule has 0 radical (unpaired) electrons. The van der Waals surface area contributed by atoms with Gasteiger partial charge in [-0.25, -0.2) is 0 Å². The maximum Gasteiger partial charge on any atom is 0.126 e. The number of hydrogen-bond acceptors (Lipinski definition) is 4. The lowest BCUT2D eigenvalue weighted by atomic mass is 10.1. The van der Waals surface area contributed by atoms with Crippen molar-refractivity contribution in [3.63, 3.8) is 0 Å². The van der Waals surface area contributed by atoms with Crippen LogP contribution in [-0.4, -0.2) is 24.4 Å². The van der Waals surface area contributed by atoms with E-state index < -0.39 is 6.10 Å². The van der Waals surface area contributed by atoms with Gasteiger partial charge in [-0.1, -0.05) is 6.07 Å². The molecule has 0 aromatic heterocycles. The predicted molar refractivity (Wildman–Crippen MR) is 62.0 cm³/mol. The molecule has 2 rings (SSSR count). The van der Waals surface area contributed by atoms with Gasteiger partial charge in [0.1, 0.15) is 24.2 Å². The highest BCUT2D eigenvalue weighted by molar-refractivity contribution is 5.41. The van der Waals surface area contributed by atoms with Crippen molar-refractivity contribution in [3.05, 3.63) is 23.8 Å². The fraction of sp³-hybridized carbons (Fsp3) is 0.462. The van der Waals surface area contributed by atoms with Crippen molar-refractivity contribution in [2.24, 2.45) is 0 Å². The van der Waals surface area contributed by atoms with Crippen molar-refractivity contribution in [1.82, 2.24) is 0 Å². The number of ether oxygens (including phenoxy) is 2. The standard InChI is InChI=1S/C13H15NO3/c14-6-5-11(15)9-17-12-4-3-10-2-1-7-16-13(10)8-12/h3-4,8,11,15H,1-2,5,7,9H2. The third-order valence-electron chi connectivity index (χ3n) is 2.66. The van der Waals surface area contributed by atoms with Gasteiger partial charge in [0.15, 0.2) is 0 Å². The lowest BCUT2D eigenvalue weighted by Gasteiger charge is -2.18. The molecule has 0 bridgehead atoms. The number of fused-ring (bicyclic) bond motifs is 1. The second kappa shape index (κ2) is 5.55. The monoisotopic (exact) mass is 233 g/mol. The van der Waals surface area contributed by atoms with Crippen molar-refractivity contribution in [2.45, 2.75) is 25.4 Å². The molecule has 1 N–H and O–H groups in total. The average molecular weight is 233 g/mol. The fourth-order valence-corrected chi connectivity index (χ4v) is 1.77. The van der Waals surface area contributed by atoms with Crippen LogP contribution < -0.4 is 9.47 Å². The van der Waals surface area contributed by atoms with Gasteiger partial charge in [-0.2, -0.15) is 5.26 Å². The van der Waals surface area contributed by atoms with Crippen LogP contribution in [0.5, 0.6) is 11.5 Å². The molecule has 0 saturated carbocycles. The van der Waals surface area contributed by atoms with Crippen molar-refractivity contribution < 1.29 is 14.6 Å². The molecule has 1 unspecified atom stereocenters. The first-order valence-corrected chi connectivity index (χ1v) is 5.73. The Morgan fingerprint density at radius 2 is 2.41 bits per heavy atom. The molecule has 90 valence electrons. The fourth-order valence-electron chi connectivity index (χ4n) is 1.77. The molecule has 1 aliphatic heterocycles. The van der Waals surface area contributed by atoms with Gasteiger partial charge in [0, 0.05) is 6.07 Å². The quantitative estimate of drug-likeness (QED) is 0.859. The summed E-state index contributed by atoms with van der Waals surface area (Å²) >= 11 is 0. The van der Waals surface area contributed by atoms with Crippen LogP contribution in [0, 0.1) is 11.3 Å². The Morgan fingerprint density at radius 1 is 1.53 bits per heavy atom. The zero-order valence-electron chi connectivity index (χ0n) is 9.56. The molecule has 4 nitrogen and oxygen atoms in total. The van der Waals surface area contributed by atoms with E-state index in [1.165, 1.54) is 5.56 Å². The third-order valence-corrected chi connectivity index (χ3v) is 2.66. The first-order valence-electron chi connectivity index (χ1n) is 5.73. The van der Waals surface area contributed by atoms with E-state index in [2.05, 4.69) is 0 Å². The largest absolute Gasteiger partial charge is 0.493 e. The van der Waals surface area contributed by atoms with E-state index in [1.54, 1.807) is 0 Å². The Morgan fingerprint density at radius 3 is 3.24 bits per heavy atom. The van der Waals surface area contributed by atoms with Gasteiger partial charge in [0.25, 0.3) is 0 Å². The van der Waals surface area contributed by atoms with Gasteiger partial charge in [0.2, 0.25) is 0 Å². The van der Waals surface area contributed by atoms with Gasteiger partial charge in [-0.3, -0.25) is 0 Å². The highest BCUT2D eigenvalue weighted by Gasteiger charge is 2.11. The molecule has 0 saturated heterocycles. The van der Waals surface area contributed by atoms with E-state index in [1.807, 2.05) is 24.3 Å². The first kappa shape index (κ1) is 11.7. The number of nitriles is 1. The molecule has 0 amide bonds. The smallest absolute Gasteiger partial charge is 0.126 e. The van der Waals surface area contributed by atoms with E-state index >= 15 is 0 Å². The summed E-state index contributed by atoms with van der Waals surface area (Å²) in [7, 11) is 0. The molecule has 1 heterocycles. The van der Waals surface area contributed by atoms with Gasteiger partial charge in [0.05, 0.1) is 19.1 Å². The molecule has 1 atom stereocenters. The lowest BCUT2D eigenvalue weighted by molar-refractivity contribution is 0.111. The summed E-state index contributed by atoms with van der Waals surface area (Å²) < 4.78 is 10.9. The molecule has 1 aromatic carbocycles. The minimum absolute atomic E-state index is 0.0848. The van der Waals surface area contributed by atoms with Crippen LogP contribution in [0.3, 0.4) is 0 Å². The van der Waals surface area contributed by atoms with Crippen LogP contribution in [0.1, 0.15) is 18.4 Å². The SMILES string of the molecule is N#CCC(O)COc1ccc2c(c1)OCCC2. The van der Waals surface area contributed by atoms with Crippen LogP contribution in [0.25, 0.3) is 0 Å². The number of hydrogen-bond donors (Lipinski definition) is 1. The third kappa shape index (κ3) is 3.11. The molecular weight excluding hydrogens is 218 g/mol. The summed E-state index contributed by atoms with van der Waals surface area (Å²) in [6.45, 7) is 0.875. The van der Waals surface area contributed by atoms with Crippen LogP contribution in [0.15, 0.2) is 18.2 Å². The zero-order valence-corrected chi connectivity index (χ0v) is 9.56. The van der Waals surface area contributed by atoms with E-state index in [4.69, 9.17) is 14.7 Å². The average Bonchev–Trinajstić information content (AvgIpc) is 2.36. The normalized spacial score (nSPS) is 15.3. The molecule has 1 aliphatic rings. The van der Waals surface area contributed by atoms with Gasteiger partial charge in [-0.15, -0.1) is 0 Å². The van der Waals surface area contributed by atoms with Crippen LogP contribution >= 0.6 is 0 Å². The Bertz CT molecular complexity index is 425. The summed E-state index contributed by atoms with van der Waals surface area (Å²) in [6.07, 6.45) is 1.43. The second-order valence-electron chi connectivity index (χ2n) is 4.05. The summed E-state index contributed by atoms with van der Waals surface area (Å²) in [5.74, 6) is 1.53. The highest BCUT2D eigenvalue weighted by Crippen LogP contribution is 2.29. The molecule has 1 aromatic rings. The van der Waals surface area contributed by atoms with E-state index in [0.29, 0.717) is 5.75 Å². The highest BCUT2D eigenvalue weighted by atomic mass is 16.5. The van der Waals surface area contributed by atoms with E-state index in [-0.39, 0.29) is 13.0 Å². The maximum absolute atomic E-state index is 9.37. The van der Waals surface area contributed by atoms with E-state index in [9.17, 15) is 5.11 Å².